The molecule has 3 rings (SSSR count). The molecule has 2 amide bonds. The lowest BCUT2D eigenvalue weighted by Crippen LogP contribution is -2.32. The van der Waals surface area contributed by atoms with Crippen molar-refractivity contribution in [2.24, 2.45) is 0 Å². The predicted octanol–water partition coefficient (Wildman–Crippen LogP) is 4.41. The molecule has 7 nitrogen and oxygen atoms in total. The first-order chi connectivity index (χ1) is 15.2. The van der Waals surface area contributed by atoms with Crippen LogP contribution in [0.5, 0.6) is 0 Å². The minimum Gasteiger partial charge on any atom is -0.339 e. The maximum absolute atomic E-state index is 12.8. The standard InChI is InChI=1S/C22H25Cl2N3O4S/c1-32(30,31)27(20-15-16(23)10-11-18(20)24)14-6-9-21(28)25-19-8-3-2-7-17(19)22(29)26-12-4-5-13-26/h2-3,7-8,10-11,15H,4-6,9,12-14H2,1H3,(H,25,28). The quantitative estimate of drug-likeness (QED) is 0.584. The third kappa shape index (κ3) is 6.15. The van der Waals surface area contributed by atoms with Crippen LogP contribution in [0.2, 0.25) is 10.0 Å². The highest BCUT2D eigenvalue weighted by Crippen LogP contribution is 2.31. The van der Waals surface area contributed by atoms with Crippen LogP contribution in [0, 0.1) is 0 Å². The zero-order chi connectivity index (χ0) is 23.3. The van der Waals surface area contributed by atoms with Gasteiger partial charge in [-0.3, -0.25) is 13.9 Å². The molecule has 0 aromatic heterocycles. The molecule has 2 aromatic rings. The van der Waals surface area contributed by atoms with Gasteiger partial charge in [0.05, 0.1) is 28.2 Å². The number of anilines is 2. The van der Waals surface area contributed by atoms with Gasteiger partial charge in [-0.15, -0.1) is 0 Å². The number of likely N-dealkylation sites (tertiary alicyclic amines) is 1. The van der Waals surface area contributed by atoms with Crippen LogP contribution in [0.3, 0.4) is 0 Å². The van der Waals surface area contributed by atoms with Gasteiger partial charge in [0, 0.05) is 31.1 Å². The summed E-state index contributed by atoms with van der Waals surface area (Å²) in [5, 5.41) is 3.39. The number of benzene rings is 2. The third-order valence-corrected chi connectivity index (χ3v) is 6.90. The summed E-state index contributed by atoms with van der Waals surface area (Å²) in [7, 11) is -3.63. The number of carbonyl (C=O) groups is 2. The van der Waals surface area contributed by atoms with Gasteiger partial charge in [0.25, 0.3) is 5.91 Å². The van der Waals surface area contributed by atoms with Crippen molar-refractivity contribution in [3.63, 3.8) is 0 Å². The van der Waals surface area contributed by atoms with Crippen molar-refractivity contribution in [2.45, 2.75) is 25.7 Å². The molecule has 0 aliphatic carbocycles. The number of carbonyl (C=O) groups excluding carboxylic acids is 2. The number of amides is 2. The number of hydrogen-bond donors (Lipinski definition) is 1. The van der Waals surface area contributed by atoms with E-state index < -0.39 is 10.0 Å². The number of rotatable bonds is 8. The van der Waals surface area contributed by atoms with Crippen LogP contribution in [0.15, 0.2) is 42.5 Å². The van der Waals surface area contributed by atoms with Gasteiger partial charge < -0.3 is 10.2 Å². The van der Waals surface area contributed by atoms with Crippen molar-refractivity contribution in [3.8, 4) is 0 Å². The number of halogens is 2. The monoisotopic (exact) mass is 497 g/mol. The van der Waals surface area contributed by atoms with Crippen LogP contribution in [-0.4, -0.2) is 51.0 Å². The van der Waals surface area contributed by atoms with Crippen molar-refractivity contribution in [1.29, 1.82) is 0 Å². The van der Waals surface area contributed by atoms with E-state index in [1.165, 1.54) is 12.1 Å². The van der Waals surface area contributed by atoms with E-state index in [4.69, 9.17) is 23.2 Å². The van der Waals surface area contributed by atoms with E-state index in [0.717, 1.165) is 23.4 Å². The van der Waals surface area contributed by atoms with Crippen LogP contribution in [-0.2, 0) is 14.8 Å². The molecule has 172 valence electrons. The lowest BCUT2D eigenvalue weighted by molar-refractivity contribution is -0.116. The minimum atomic E-state index is -3.63. The van der Waals surface area contributed by atoms with Gasteiger partial charge in [0.2, 0.25) is 15.9 Å². The molecule has 1 heterocycles. The van der Waals surface area contributed by atoms with Gasteiger partial charge in [-0.05, 0) is 49.6 Å². The molecule has 0 atom stereocenters. The minimum absolute atomic E-state index is 0.0562. The number of hydrogen-bond acceptors (Lipinski definition) is 4. The molecule has 32 heavy (non-hydrogen) atoms. The van der Waals surface area contributed by atoms with Gasteiger partial charge in [-0.2, -0.15) is 0 Å². The molecule has 2 aromatic carbocycles. The van der Waals surface area contributed by atoms with Crippen LogP contribution in [0.25, 0.3) is 0 Å². The Morgan fingerprint density at radius 3 is 2.47 bits per heavy atom. The lowest BCUT2D eigenvalue weighted by atomic mass is 10.1. The largest absolute Gasteiger partial charge is 0.339 e. The third-order valence-electron chi connectivity index (χ3n) is 5.17. The molecule has 1 N–H and O–H groups in total. The van der Waals surface area contributed by atoms with Crippen molar-refractivity contribution in [2.75, 3.05) is 35.5 Å². The van der Waals surface area contributed by atoms with Crippen LogP contribution in [0.4, 0.5) is 11.4 Å². The van der Waals surface area contributed by atoms with E-state index in [1.807, 2.05) is 0 Å². The number of nitrogens with zero attached hydrogens (tertiary/aromatic N) is 2. The van der Waals surface area contributed by atoms with E-state index in [9.17, 15) is 18.0 Å². The highest BCUT2D eigenvalue weighted by Gasteiger charge is 2.23. The molecular formula is C22H25Cl2N3O4S. The molecule has 1 aliphatic heterocycles. The van der Waals surface area contributed by atoms with E-state index in [1.54, 1.807) is 35.2 Å². The Morgan fingerprint density at radius 2 is 1.78 bits per heavy atom. The Bertz CT molecular complexity index is 1100. The normalized spacial score (nSPS) is 13.8. The second-order valence-corrected chi connectivity index (χ2v) is 10.4. The molecule has 1 aliphatic rings. The number of para-hydroxylation sites is 1. The van der Waals surface area contributed by atoms with Gasteiger partial charge in [-0.1, -0.05) is 35.3 Å². The fourth-order valence-electron chi connectivity index (χ4n) is 3.61. The van der Waals surface area contributed by atoms with Crippen LogP contribution in [0.1, 0.15) is 36.0 Å². The average Bonchev–Trinajstić information content (AvgIpc) is 3.27. The fraction of sp³-hybridized carbons (Fsp3) is 0.364. The second-order valence-electron chi connectivity index (χ2n) is 7.63. The lowest BCUT2D eigenvalue weighted by Gasteiger charge is -2.23. The summed E-state index contributed by atoms with van der Waals surface area (Å²) in [6, 6.07) is 11.5. The summed E-state index contributed by atoms with van der Waals surface area (Å²) in [5.41, 5.74) is 1.17. The van der Waals surface area contributed by atoms with Gasteiger partial charge >= 0.3 is 0 Å². The Hall–Kier alpha value is -2.29. The van der Waals surface area contributed by atoms with Crippen molar-refractivity contribution < 1.29 is 18.0 Å². The predicted molar refractivity (Wildman–Crippen MR) is 128 cm³/mol. The van der Waals surface area contributed by atoms with Crippen molar-refractivity contribution >= 4 is 56.4 Å². The van der Waals surface area contributed by atoms with Crippen molar-refractivity contribution in [3.05, 3.63) is 58.1 Å². The van der Waals surface area contributed by atoms with E-state index in [-0.39, 0.29) is 41.9 Å². The van der Waals surface area contributed by atoms with Crippen LogP contribution < -0.4 is 9.62 Å². The number of sulfonamides is 1. The zero-order valence-corrected chi connectivity index (χ0v) is 20.0. The molecule has 1 fully saturated rings. The molecule has 0 unspecified atom stereocenters. The van der Waals surface area contributed by atoms with E-state index in [2.05, 4.69) is 5.32 Å². The maximum Gasteiger partial charge on any atom is 0.255 e. The average molecular weight is 498 g/mol. The van der Waals surface area contributed by atoms with Crippen molar-refractivity contribution in [1.82, 2.24) is 4.90 Å². The molecule has 10 heteroatoms. The molecule has 0 spiro atoms. The molecular weight excluding hydrogens is 473 g/mol. The molecule has 0 saturated carbocycles. The Balaban J connectivity index is 1.65. The summed E-state index contributed by atoms with van der Waals surface area (Å²) in [5.74, 6) is -0.408. The first kappa shape index (κ1) is 24.4. The van der Waals surface area contributed by atoms with E-state index >= 15 is 0 Å². The first-order valence-electron chi connectivity index (χ1n) is 10.3. The molecule has 0 bridgehead atoms. The maximum atomic E-state index is 12.8. The fourth-order valence-corrected chi connectivity index (χ4v) is 5.01. The summed E-state index contributed by atoms with van der Waals surface area (Å²) in [6.07, 6.45) is 3.35. The zero-order valence-electron chi connectivity index (χ0n) is 17.7. The summed E-state index contributed by atoms with van der Waals surface area (Å²) in [6.45, 7) is 1.49. The second kappa shape index (κ2) is 10.6. The highest BCUT2D eigenvalue weighted by molar-refractivity contribution is 7.92. The SMILES string of the molecule is CS(=O)(=O)N(CCCC(=O)Nc1ccccc1C(=O)N1CCCC1)c1cc(Cl)ccc1Cl. The summed E-state index contributed by atoms with van der Waals surface area (Å²) < 4.78 is 25.7. The Morgan fingerprint density at radius 1 is 1.09 bits per heavy atom. The highest BCUT2D eigenvalue weighted by atomic mass is 35.5. The van der Waals surface area contributed by atoms with E-state index in [0.29, 0.717) is 29.4 Å². The molecule has 0 radical (unpaired) electrons. The number of nitrogens with one attached hydrogen (secondary N) is 1. The van der Waals surface area contributed by atoms with Gasteiger partial charge in [0.1, 0.15) is 0 Å². The van der Waals surface area contributed by atoms with Crippen LogP contribution >= 0.6 is 23.2 Å². The van der Waals surface area contributed by atoms with Gasteiger partial charge in [-0.25, -0.2) is 8.42 Å². The molecule has 1 saturated heterocycles. The smallest absolute Gasteiger partial charge is 0.255 e. The van der Waals surface area contributed by atoms with Gasteiger partial charge in [0.15, 0.2) is 0 Å². The topological polar surface area (TPSA) is 86.8 Å². The Kier molecular flexibility index (Phi) is 8.03. The summed E-state index contributed by atoms with van der Waals surface area (Å²) in [4.78, 5) is 27.1. The Labute approximate surface area is 198 Å². The summed E-state index contributed by atoms with van der Waals surface area (Å²) >= 11 is 12.2. The first-order valence-corrected chi connectivity index (χ1v) is 12.9.